The lowest BCUT2D eigenvalue weighted by molar-refractivity contribution is 0.432. The molecule has 1 N–H and O–H groups in total. The molecule has 6 nitrogen and oxygen atoms in total. The van der Waals surface area contributed by atoms with Crippen molar-refractivity contribution in [2.24, 2.45) is 0 Å². The molecule has 5 aromatic rings. The summed E-state index contributed by atoms with van der Waals surface area (Å²) in [6.45, 7) is 1.87. The minimum Gasteiger partial charge on any atom is -0.337 e. The van der Waals surface area contributed by atoms with Crippen molar-refractivity contribution < 1.29 is 8.91 Å². The van der Waals surface area contributed by atoms with Crippen LogP contribution in [0.2, 0.25) is 0 Å². The number of nitrogens with one attached hydrogen (secondary N) is 1. The van der Waals surface area contributed by atoms with Crippen LogP contribution in [0.4, 0.5) is 4.39 Å². The topological polar surface area (TPSA) is 80.5 Å². The molecule has 5 rings (SSSR count). The minimum atomic E-state index is -0.418. The van der Waals surface area contributed by atoms with Crippen LogP contribution in [0.25, 0.3) is 45.4 Å². The average molecular weight is 487 g/mol. The van der Waals surface area contributed by atoms with Gasteiger partial charge in [0.1, 0.15) is 11.5 Å². The first-order chi connectivity index (χ1) is 14.1. The molecule has 0 unspecified atom stereocenters. The third-order valence-electron chi connectivity index (χ3n) is 4.55. The van der Waals surface area contributed by atoms with Crippen LogP contribution in [0, 0.1) is 12.7 Å². The number of fused-ring (bicyclic) bond motifs is 1. The highest BCUT2D eigenvalue weighted by Crippen LogP contribution is 2.29. The molecular weight excluding hydrogens is 473 g/mol. The number of aryl methyl sites for hydroxylation is 1. The van der Waals surface area contributed by atoms with E-state index < -0.39 is 5.82 Å². The number of rotatable bonds is 3. The maximum atomic E-state index is 14.3. The first-order valence-electron chi connectivity index (χ1n) is 8.80. The lowest BCUT2D eigenvalue weighted by Gasteiger charge is -2.02. The molecule has 0 saturated carbocycles. The normalized spacial score (nSPS) is 10.9. The molecule has 0 bridgehead atoms. The van der Waals surface area contributed by atoms with Gasteiger partial charge in [0.25, 0.3) is 5.89 Å². The lowest BCUT2D eigenvalue weighted by Crippen LogP contribution is -1.89. The number of hydrogen-bond donors (Lipinski definition) is 1. The molecule has 30 heavy (non-hydrogen) atoms. The molecule has 0 atom stereocenters. The quantitative estimate of drug-likeness (QED) is 0.340. The molecule has 0 aliphatic carbocycles. The number of pyridine rings is 1. The predicted octanol–water partition coefficient (Wildman–Crippen LogP) is 5.97. The third-order valence-corrected chi connectivity index (χ3v) is 5.41. The number of aromatic amines is 1. The van der Waals surface area contributed by atoms with E-state index in [-0.39, 0.29) is 18.2 Å². The molecule has 150 valence electrons. The van der Waals surface area contributed by atoms with Gasteiger partial charge in [-0.05, 0) is 55.0 Å². The van der Waals surface area contributed by atoms with Gasteiger partial charge in [-0.25, -0.2) is 9.37 Å². The number of aromatic nitrogens is 5. The number of H-pyrrole nitrogens is 1. The van der Waals surface area contributed by atoms with Crippen LogP contribution in [0.3, 0.4) is 0 Å². The average Bonchev–Trinajstić information content (AvgIpc) is 3.38. The fraction of sp³-hybridized carbons (Fsp3) is 0.0476. The van der Waals surface area contributed by atoms with E-state index in [1.807, 2.05) is 43.3 Å². The van der Waals surface area contributed by atoms with Crippen molar-refractivity contribution in [3.05, 3.63) is 70.6 Å². The zero-order chi connectivity index (χ0) is 20.0. The zero-order valence-corrected chi connectivity index (χ0v) is 18.0. The molecule has 0 amide bonds. The summed E-state index contributed by atoms with van der Waals surface area (Å²) < 4.78 is 20.4. The predicted molar refractivity (Wildman–Crippen MR) is 118 cm³/mol. The van der Waals surface area contributed by atoms with Gasteiger partial charge in [0.05, 0.1) is 16.6 Å². The summed E-state index contributed by atoms with van der Waals surface area (Å²) in [4.78, 5) is 16.5. The summed E-state index contributed by atoms with van der Waals surface area (Å²) in [7, 11) is 0. The number of imidazole rings is 1. The second-order valence-electron chi connectivity index (χ2n) is 6.54. The highest BCUT2D eigenvalue weighted by Gasteiger charge is 2.16. The van der Waals surface area contributed by atoms with Gasteiger partial charge in [0.2, 0.25) is 5.82 Å². The van der Waals surface area contributed by atoms with Crippen LogP contribution >= 0.6 is 28.3 Å². The Kier molecular flexibility index (Phi) is 5.36. The number of halogens is 3. The summed E-state index contributed by atoms with van der Waals surface area (Å²) in [6.07, 6.45) is 1.72. The van der Waals surface area contributed by atoms with Crippen molar-refractivity contribution in [1.29, 1.82) is 0 Å². The van der Waals surface area contributed by atoms with E-state index in [9.17, 15) is 4.39 Å². The maximum absolute atomic E-state index is 14.3. The lowest BCUT2D eigenvalue weighted by atomic mass is 10.1. The van der Waals surface area contributed by atoms with Crippen molar-refractivity contribution in [3.63, 3.8) is 0 Å². The molecule has 3 heterocycles. The van der Waals surface area contributed by atoms with Crippen LogP contribution in [-0.4, -0.2) is 25.1 Å². The van der Waals surface area contributed by atoms with Crippen LogP contribution in [0.5, 0.6) is 0 Å². The molecule has 0 aliphatic heterocycles. The summed E-state index contributed by atoms with van der Waals surface area (Å²) in [6, 6.07) is 14.3. The highest BCUT2D eigenvalue weighted by molar-refractivity contribution is 9.10. The first-order valence-corrected chi connectivity index (χ1v) is 9.59. The Morgan fingerprint density at radius 3 is 2.73 bits per heavy atom. The monoisotopic (exact) mass is 485 g/mol. The van der Waals surface area contributed by atoms with E-state index >= 15 is 0 Å². The van der Waals surface area contributed by atoms with E-state index in [0.29, 0.717) is 27.3 Å². The van der Waals surface area contributed by atoms with E-state index in [1.165, 1.54) is 6.07 Å². The van der Waals surface area contributed by atoms with Gasteiger partial charge in [-0.3, -0.25) is 4.98 Å². The van der Waals surface area contributed by atoms with E-state index in [0.717, 1.165) is 22.3 Å². The molecule has 0 aliphatic rings. The fourth-order valence-electron chi connectivity index (χ4n) is 3.05. The largest absolute Gasteiger partial charge is 0.337 e. The Hall–Kier alpha value is -3.10. The van der Waals surface area contributed by atoms with Gasteiger partial charge in [0.15, 0.2) is 5.82 Å². The molecule has 9 heteroatoms. The smallest absolute Gasteiger partial charge is 0.258 e. The van der Waals surface area contributed by atoms with E-state index in [4.69, 9.17) is 4.52 Å². The van der Waals surface area contributed by atoms with E-state index in [2.05, 4.69) is 41.0 Å². The second-order valence-corrected chi connectivity index (χ2v) is 7.39. The van der Waals surface area contributed by atoms with Crippen LogP contribution < -0.4 is 0 Å². The van der Waals surface area contributed by atoms with Gasteiger partial charge in [-0.2, -0.15) is 4.98 Å². The molecule has 3 aromatic heterocycles. The van der Waals surface area contributed by atoms with Crippen molar-refractivity contribution >= 4 is 39.4 Å². The van der Waals surface area contributed by atoms with E-state index in [1.54, 1.807) is 12.3 Å². The summed E-state index contributed by atoms with van der Waals surface area (Å²) in [5, 5.41) is 3.95. The first kappa shape index (κ1) is 20.2. The van der Waals surface area contributed by atoms with Gasteiger partial charge in [0, 0.05) is 16.2 Å². The maximum Gasteiger partial charge on any atom is 0.258 e. The van der Waals surface area contributed by atoms with Crippen molar-refractivity contribution in [2.45, 2.75) is 6.92 Å². The standard InChI is InChI=1S/C21H13BrFN5O.ClH/c1-11-8-13(15(23)10-14(11)22)19-27-21(29-28-19)12-5-6-16-18(9-12)26-20(25-16)17-4-2-3-7-24-17;/h2-10H,1H3,(H,25,26);1H. The summed E-state index contributed by atoms with van der Waals surface area (Å²) >= 11 is 3.32. The number of benzene rings is 2. The highest BCUT2D eigenvalue weighted by atomic mass is 79.9. The van der Waals surface area contributed by atoms with Crippen molar-refractivity contribution in [1.82, 2.24) is 25.1 Å². The van der Waals surface area contributed by atoms with Gasteiger partial charge < -0.3 is 9.51 Å². The van der Waals surface area contributed by atoms with Gasteiger partial charge in [-0.15, -0.1) is 12.4 Å². The Balaban J connectivity index is 0.00000218. The number of hydrogen-bond acceptors (Lipinski definition) is 5. The van der Waals surface area contributed by atoms with Crippen LogP contribution in [-0.2, 0) is 0 Å². The SMILES string of the molecule is Cc1cc(-c2noc(-c3ccc4nc(-c5ccccn5)[nH]c4c3)n2)c(F)cc1Br.Cl. The third kappa shape index (κ3) is 3.59. The van der Waals surface area contributed by atoms with Crippen LogP contribution in [0.1, 0.15) is 5.56 Å². The Labute approximate surface area is 185 Å². The minimum absolute atomic E-state index is 0. The van der Waals surface area contributed by atoms with Gasteiger partial charge in [-0.1, -0.05) is 27.2 Å². The Morgan fingerprint density at radius 1 is 1.07 bits per heavy atom. The number of nitrogens with zero attached hydrogens (tertiary/aromatic N) is 4. The van der Waals surface area contributed by atoms with Gasteiger partial charge >= 0.3 is 0 Å². The molecular formula is C21H14BrClFN5O. The second kappa shape index (κ2) is 7.97. The Morgan fingerprint density at radius 2 is 1.93 bits per heavy atom. The summed E-state index contributed by atoms with van der Waals surface area (Å²) in [5.74, 6) is 0.762. The molecule has 0 fully saturated rings. The Bertz CT molecular complexity index is 1350. The molecule has 0 radical (unpaired) electrons. The van der Waals surface area contributed by atoms with Crippen molar-refractivity contribution in [2.75, 3.05) is 0 Å². The summed E-state index contributed by atoms with van der Waals surface area (Å²) in [5.41, 5.74) is 4.25. The van der Waals surface area contributed by atoms with Crippen molar-refractivity contribution in [3.8, 4) is 34.4 Å². The zero-order valence-electron chi connectivity index (χ0n) is 15.6. The fourth-order valence-corrected chi connectivity index (χ4v) is 3.36. The van der Waals surface area contributed by atoms with Crippen LogP contribution in [0.15, 0.2) is 63.7 Å². The molecule has 0 spiro atoms. The molecule has 2 aromatic carbocycles. The molecule has 0 saturated heterocycles.